The molecule has 1 atom stereocenters. The molecular weight excluding hydrogens is 137 g/mol. The van der Waals surface area contributed by atoms with E-state index in [0.29, 0.717) is 0 Å². The first-order chi connectivity index (χ1) is 4.63. The second-order valence-electron chi connectivity index (χ2n) is 1.89. The molecule has 0 heterocycles. The predicted molar refractivity (Wildman–Crippen MR) is 35.8 cm³/mol. The van der Waals surface area contributed by atoms with Crippen LogP contribution in [-0.2, 0) is 4.79 Å². The average molecular weight is 149 g/mol. The summed E-state index contributed by atoms with van der Waals surface area (Å²) in [5.74, 6) is -0.648. The van der Waals surface area contributed by atoms with E-state index < -0.39 is 11.9 Å². The second-order valence-corrected chi connectivity index (χ2v) is 1.89. The zero-order chi connectivity index (χ0) is 8.15. The number of carbonyl (C=O) groups excluding carboxylic acids is 1. The number of nitrogens with one attached hydrogen (secondary N) is 1. The Kier molecular flexibility index (Phi) is 3.90. The summed E-state index contributed by atoms with van der Waals surface area (Å²) in [7, 11) is 2.60. The molecule has 0 aromatic rings. The second kappa shape index (κ2) is 4.19. The molecule has 0 rings (SSSR count). The van der Waals surface area contributed by atoms with Gasteiger partial charge in [-0.3, -0.25) is 4.79 Å². The molecule has 0 saturated heterocycles. The van der Waals surface area contributed by atoms with Crippen molar-refractivity contribution in [3.63, 3.8) is 0 Å². The Morgan fingerprint density at radius 2 is 2.40 bits per heavy atom. The Balaban J connectivity index is 3.89. The van der Waals surface area contributed by atoms with Crippen LogP contribution < -0.4 is 11.1 Å². The van der Waals surface area contributed by atoms with Crippen molar-refractivity contribution in [2.45, 2.75) is 6.04 Å². The van der Waals surface area contributed by atoms with Crippen molar-refractivity contribution >= 4 is 5.91 Å². The maximum atomic E-state index is 12.1. The van der Waals surface area contributed by atoms with E-state index >= 15 is 0 Å². The largest absolute Gasteiger partial charge is 0.328 e. The van der Waals surface area contributed by atoms with Crippen LogP contribution in [0, 0.1) is 0 Å². The fourth-order valence-electron chi connectivity index (χ4n) is 0.557. The van der Waals surface area contributed by atoms with Crippen LogP contribution in [0.3, 0.4) is 0 Å². The van der Waals surface area contributed by atoms with Gasteiger partial charge in [-0.1, -0.05) is 4.48 Å². The Morgan fingerprint density at radius 1 is 1.90 bits per heavy atom. The number of carbonyl (C=O) groups is 1. The van der Waals surface area contributed by atoms with E-state index in [2.05, 4.69) is 5.32 Å². The summed E-state index contributed by atoms with van der Waals surface area (Å²) in [4.78, 5) is 10.7. The summed E-state index contributed by atoms with van der Waals surface area (Å²) < 4.78 is 12.1. The molecule has 0 aromatic carbocycles. The Bertz CT molecular complexity index is 113. The standard InChI is InChI=1S/C5H12FN3O/c1-8-4(3-7)5(10)9(2)6/h4,8H,3,7H2,1-2H3/t4-/m0/s1. The minimum atomic E-state index is -0.648. The fraction of sp³-hybridized carbons (Fsp3) is 0.800. The molecule has 0 aromatic heterocycles. The van der Waals surface area contributed by atoms with Gasteiger partial charge >= 0.3 is 0 Å². The maximum absolute atomic E-state index is 12.1. The van der Waals surface area contributed by atoms with Crippen LogP contribution in [0.5, 0.6) is 0 Å². The lowest BCUT2D eigenvalue weighted by molar-refractivity contribution is -0.145. The summed E-state index contributed by atoms with van der Waals surface area (Å²) in [6.07, 6.45) is 0. The molecule has 0 unspecified atom stereocenters. The number of rotatable bonds is 3. The van der Waals surface area contributed by atoms with Gasteiger partial charge in [-0.25, -0.2) is 0 Å². The molecule has 1 amide bonds. The van der Waals surface area contributed by atoms with Crippen molar-refractivity contribution in [2.24, 2.45) is 5.73 Å². The van der Waals surface area contributed by atoms with Gasteiger partial charge in [0, 0.05) is 13.6 Å². The van der Waals surface area contributed by atoms with Crippen molar-refractivity contribution in [1.29, 1.82) is 0 Å². The highest BCUT2D eigenvalue weighted by molar-refractivity contribution is 5.80. The van der Waals surface area contributed by atoms with Crippen molar-refractivity contribution in [1.82, 2.24) is 10.4 Å². The molecule has 3 N–H and O–H groups in total. The first kappa shape index (κ1) is 9.32. The molecule has 0 spiro atoms. The molecule has 0 bridgehead atoms. The molecule has 0 aliphatic heterocycles. The van der Waals surface area contributed by atoms with E-state index in [1.165, 1.54) is 0 Å². The highest BCUT2D eigenvalue weighted by atomic mass is 19.2. The summed E-state index contributed by atoms with van der Waals surface area (Å²) >= 11 is 0. The lowest BCUT2D eigenvalue weighted by Crippen LogP contribution is -2.45. The lowest BCUT2D eigenvalue weighted by Gasteiger charge is -2.13. The van der Waals surface area contributed by atoms with Crippen LogP contribution in [-0.4, -0.2) is 37.7 Å². The highest BCUT2D eigenvalue weighted by Crippen LogP contribution is 1.89. The molecule has 10 heavy (non-hydrogen) atoms. The van der Waals surface area contributed by atoms with Crippen molar-refractivity contribution in [3.05, 3.63) is 0 Å². The summed E-state index contributed by atoms with van der Waals surface area (Å²) in [5.41, 5.74) is 5.15. The first-order valence-corrected chi connectivity index (χ1v) is 2.94. The zero-order valence-electron chi connectivity index (χ0n) is 6.10. The van der Waals surface area contributed by atoms with Crippen LogP contribution in [0.15, 0.2) is 0 Å². The van der Waals surface area contributed by atoms with Gasteiger partial charge in [0.2, 0.25) is 0 Å². The van der Waals surface area contributed by atoms with Crippen molar-refractivity contribution in [2.75, 3.05) is 20.6 Å². The monoisotopic (exact) mass is 149 g/mol. The van der Waals surface area contributed by atoms with E-state index in [1.54, 1.807) is 7.05 Å². The number of likely N-dealkylation sites (N-methyl/N-ethyl adjacent to an activating group) is 2. The average Bonchev–Trinajstić information content (AvgIpc) is 1.90. The van der Waals surface area contributed by atoms with E-state index in [9.17, 15) is 9.28 Å². The molecule has 4 nitrogen and oxygen atoms in total. The van der Waals surface area contributed by atoms with Crippen LogP contribution in [0.4, 0.5) is 4.48 Å². The Morgan fingerprint density at radius 3 is 2.50 bits per heavy atom. The van der Waals surface area contributed by atoms with E-state index in [-0.39, 0.29) is 11.7 Å². The Hall–Kier alpha value is -0.680. The molecule has 0 aliphatic carbocycles. The van der Waals surface area contributed by atoms with Gasteiger partial charge in [-0.15, -0.1) is 0 Å². The van der Waals surface area contributed by atoms with E-state index in [1.807, 2.05) is 0 Å². The molecule has 60 valence electrons. The third-order valence-corrected chi connectivity index (χ3v) is 1.19. The minimum Gasteiger partial charge on any atom is -0.328 e. The third kappa shape index (κ3) is 2.28. The summed E-state index contributed by atoms with van der Waals surface area (Å²) in [6, 6.07) is -0.616. The van der Waals surface area contributed by atoms with E-state index in [0.717, 1.165) is 7.05 Å². The molecule has 0 radical (unpaired) electrons. The smallest absolute Gasteiger partial charge is 0.268 e. The molecule has 0 aliphatic rings. The molecular formula is C5H12FN3O. The number of nitrogens with zero attached hydrogens (tertiary/aromatic N) is 1. The topological polar surface area (TPSA) is 58.4 Å². The van der Waals surface area contributed by atoms with Crippen molar-refractivity contribution in [3.8, 4) is 0 Å². The zero-order valence-corrected chi connectivity index (χ0v) is 6.10. The minimum absolute atomic E-state index is 0.0219. The number of hydrogen-bond donors (Lipinski definition) is 2. The van der Waals surface area contributed by atoms with E-state index in [4.69, 9.17) is 5.73 Å². The fourth-order valence-corrected chi connectivity index (χ4v) is 0.557. The number of halogens is 1. The normalized spacial score (nSPS) is 12.8. The molecule has 0 saturated carbocycles. The first-order valence-electron chi connectivity index (χ1n) is 2.94. The van der Waals surface area contributed by atoms with Gasteiger partial charge in [0.15, 0.2) is 0 Å². The van der Waals surface area contributed by atoms with Crippen molar-refractivity contribution < 1.29 is 9.28 Å². The molecule has 0 fully saturated rings. The van der Waals surface area contributed by atoms with Crippen LogP contribution in [0.25, 0.3) is 0 Å². The maximum Gasteiger partial charge on any atom is 0.268 e. The predicted octanol–water partition coefficient (Wildman–Crippen LogP) is -1.12. The van der Waals surface area contributed by atoms with Gasteiger partial charge in [0.25, 0.3) is 5.91 Å². The van der Waals surface area contributed by atoms with Crippen LogP contribution >= 0.6 is 0 Å². The SMILES string of the molecule is CN[C@@H](CN)C(=O)N(C)F. The van der Waals surface area contributed by atoms with Gasteiger partial charge in [-0.05, 0) is 7.05 Å². The summed E-state index contributed by atoms with van der Waals surface area (Å²) in [5, 5.41) is 2.60. The summed E-state index contributed by atoms with van der Waals surface area (Å²) in [6.45, 7) is 0.101. The van der Waals surface area contributed by atoms with Crippen LogP contribution in [0.2, 0.25) is 0 Å². The number of amides is 1. The van der Waals surface area contributed by atoms with Gasteiger partial charge < -0.3 is 11.1 Å². The Labute approximate surface area is 59.1 Å². The number of hydrogen-bond acceptors (Lipinski definition) is 3. The third-order valence-electron chi connectivity index (χ3n) is 1.19. The lowest BCUT2D eigenvalue weighted by atomic mass is 10.3. The van der Waals surface area contributed by atoms with Gasteiger partial charge in [0.1, 0.15) is 6.04 Å². The van der Waals surface area contributed by atoms with Gasteiger partial charge in [-0.2, -0.15) is 5.12 Å². The highest BCUT2D eigenvalue weighted by Gasteiger charge is 2.17. The molecule has 5 heteroatoms. The quantitative estimate of drug-likeness (QED) is 0.499. The van der Waals surface area contributed by atoms with Crippen LogP contribution in [0.1, 0.15) is 0 Å². The van der Waals surface area contributed by atoms with Gasteiger partial charge in [0.05, 0.1) is 0 Å². The number of nitrogens with two attached hydrogens (primary N) is 1.